The molecule has 5 nitrogen and oxygen atoms in total. The lowest BCUT2D eigenvalue weighted by Crippen LogP contribution is -2.30. The first kappa shape index (κ1) is 15.9. The molecule has 2 N–H and O–H groups in total. The smallest absolute Gasteiger partial charge is 0.260 e. The molecule has 128 valence electrons. The largest absolute Gasteiger partial charge is 0.454 e. The van der Waals surface area contributed by atoms with Crippen LogP contribution in [-0.2, 0) is 11.2 Å². The van der Waals surface area contributed by atoms with Crippen molar-refractivity contribution < 1.29 is 14.3 Å². The Balaban J connectivity index is 1.46. The van der Waals surface area contributed by atoms with Gasteiger partial charge in [-0.2, -0.15) is 0 Å². The number of thioether (sulfide) groups is 1. The van der Waals surface area contributed by atoms with Crippen molar-refractivity contribution in [3.8, 4) is 11.5 Å². The van der Waals surface area contributed by atoms with Gasteiger partial charge in [0.2, 0.25) is 6.79 Å². The fourth-order valence-electron chi connectivity index (χ4n) is 2.71. The lowest BCUT2D eigenvalue weighted by molar-refractivity contribution is -0.116. The number of aryl methyl sites for hydroxylation is 1. The van der Waals surface area contributed by atoms with Crippen LogP contribution in [0.15, 0.2) is 47.4 Å². The Labute approximate surface area is 150 Å². The molecule has 2 aliphatic rings. The van der Waals surface area contributed by atoms with Gasteiger partial charge >= 0.3 is 0 Å². The molecule has 0 radical (unpaired) electrons. The van der Waals surface area contributed by atoms with Gasteiger partial charge in [0, 0.05) is 5.69 Å². The normalized spacial score (nSPS) is 20.0. The second kappa shape index (κ2) is 6.72. The Bertz CT molecular complexity index is 833. The third-order valence-corrected chi connectivity index (χ3v) is 5.11. The SMILES string of the molecule is CCc1ccc(N[C@H]2NC(=O)/C(=C/c3ccc4c(c3)OCO4)S2)cc1. The quantitative estimate of drug-likeness (QED) is 0.822. The molecule has 1 fully saturated rings. The van der Waals surface area contributed by atoms with Crippen molar-refractivity contribution in [3.63, 3.8) is 0 Å². The van der Waals surface area contributed by atoms with Gasteiger partial charge in [-0.1, -0.05) is 36.9 Å². The molecule has 25 heavy (non-hydrogen) atoms. The number of amides is 1. The summed E-state index contributed by atoms with van der Waals surface area (Å²) in [6.45, 7) is 2.37. The van der Waals surface area contributed by atoms with Crippen molar-refractivity contribution in [3.05, 3.63) is 58.5 Å². The van der Waals surface area contributed by atoms with Gasteiger partial charge in [0.25, 0.3) is 5.91 Å². The van der Waals surface area contributed by atoms with Gasteiger partial charge in [0.15, 0.2) is 17.0 Å². The Kier molecular flexibility index (Phi) is 4.28. The van der Waals surface area contributed by atoms with Crippen molar-refractivity contribution in [2.24, 2.45) is 0 Å². The number of ether oxygens (including phenoxy) is 2. The van der Waals surface area contributed by atoms with Crippen LogP contribution in [-0.4, -0.2) is 18.2 Å². The minimum Gasteiger partial charge on any atom is -0.454 e. The highest BCUT2D eigenvalue weighted by Gasteiger charge is 2.27. The van der Waals surface area contributed by atoms with Crippen molar-refractivity contribution >= 4 is 29.4 Å². The van der Waals surface area contributed by atoms with Crippen molar-refractivity contribution in [1.29, 1.82) is 0 Å². The molecule has 4 rings (SSSR count). The van der Waals surface area contributed by atoms with E-state index in [9.17, 15) is 4.79 Å². The molecule has 1 saturated heterocycles. The number of hydrogen-bond acceptors (Lipinski definition) is 5. The predicted octanol–water partition coefficient (Wildman–Crippen LogP) is 3.58. The third-order valence-electron chi connectivity index (χ3n) is 4.09. The molecule has 2 aliphatic heterocycles. The van der Waals surface area contributed by atoms with Crippen molar-refractivity contribution in [2.45, 2.75) is 18.8 Å². The predicted molar refractivity (Wildman–Crippen MR) is 99.5 cm³/mol. The highest BCUT2D eigenvalue weighted by atomic mass is 32.2. The number of carbonyl (C=O) groups excluding carboxylic acids is 1. The number of carbonyl (C=O) groups is 1. The topological polar surface area (TPSA) is 59.6 Å². The lowest BCUT2D eigenvalue weighted by Gasteiger charge is -2.12. The molecule has 0 unspecified atom stereocenters. The zero-order valence-electron chi connectivity index (χ0n) is 13.7. The van der Waals surface area contributed by atoms with Crippen molar-refractivity contribution in [1.82, 2.24) is 5.32 Å². The van der Waals surface area contributed by atoms with Gasteiger partial charge in [0.05, 0.1) is 4.91 Å². The molecule has 0 spiro atoms. The molecule has 1 amide bonds. The molecule has 1 atom stereocenters. The molecule has 2 aromatic carbocycles. The number of anilines is 1. The maximum absolute atomic E-state index is 12.2. The minimum absolute atomic E-state index is 0.0784. The second-order valence-corrected chi connectivity index (χ2v) is 6.93. The summed E-state index contributed by atoms with van der Waals surface area (Å²) >= 11 is 1.47. The van der Waals surface area contributed by atoms with E-state index in [2.05, 4.69) is 29.7 Å². The Hall–Kier alpha value is -2.60. The zero-order chi connectivity index (χ0) is 17.2. The first-order valence-corrected chi connectivity index (χ1v) is 9.03. The molecule has 0 bridgehead atoms. The van der Waals surface area contributed by atoms with Crippen LogP contribution >= 0.6 is 11.8 Å². The van der Waals surface area contributed by atoms with Crippen LogP contribution in [0.1, 0.15) is 18.1 Å². The average molecular weight is 354 g/mol. The van der Waals surface area contributed by atoms with Crippen LogP contribution in [0, 0.1) is 0 Å². The number of benzene rings is 2. The molecule has 2 heterocycles. The van der Waals surface area contributed by atoms with Crippen LogP contribution in [0.5, 0.6) is 11.5 Å². The molecule has 0 saturated carbocycles. The fourth-order valence-corrected chi connectivity index (χ4v) is 3.69. The molecule has 0 aliphatic carbocycles. The fraction of sp³-hybridized carbons (Fsp3) is 0.211. The maximum Gasteiger partial charge on any atom is 0.260 e. The van der Waals surface area contributed by atoms with Crippen molar-refractivity contribution in [2.75, 3.05) is 12.1 Å². The summed E-state index contributed by atoms with van der Waals surface area (Å²) in [4.78, 5) is 12.9. The van der Waals surface area contributed by atoms with E-state index in [0.29, 0.717) is 10.7 Å². The van der Waals surface area contributed by atoms with Gasteiger partial charge in [-0.3, -0.25) is 4.79 Å². The van der Waals surface area contributed by atoms with E-state index in [1.165, 1.54) is 17.3 Å². The summed E-state index contributed by atoms with van der Waals surface area (Å²) in [7, 11) is 0. The molecular formula is C19H18N2O3S. The van der Waals surface area contributed by atoms with Gasteiger partial charge in [0.1, 0.15) is 0 Å². The lowest BCUT2D eigenvalue weighted by atomic mass is 10.1. The van der Waals surface area contributed by atoms with E-state index in [4.69, 9.17) is 9.47 Å². The standard InChI is InChI=1S/C19H18N2O3S/c1-2-12-3-6-14(7-4-12)20-19-21-18(22)17(25-19)10-13-5-8-15-16(9-13)24-11-23-15/h3-10,19-20H,2,11H2,1H3,(H,21,22)/b17-10-/t19-/m0/s1. The monoisotopic (exact) mass is 354 g/mol. The van der Waals surface area contributed by atoms with Crippen LogP contribution in [0.3, 0.4) is 0 Å². The first-order chi connectivity index (χ1) is 12.2. The highest BCUT2D eigenvalue weighted by molar-refractivity contribution is 8.05. The van der Waals surface area contributed by atoms with E-state index in [1.54, 1.807) is 0 Å². The summed E-state index contributed by atoms with van der Waals surface area (Å²) < 4.78 is 10.7. The second-order valence-electron chi connectivity index (χ2n) is 5.79. The summed E-state index contributed by atoms with van der Waals surface area (Å²) in [6.07, 6.45) is 2.88. The number of fused-ring (bicyclic) bond motifs is 1. The van der Waals surface area contributed by atoms with E-state index in [-0.39, 0.29) is 18.2 Å². The van der Waals surface area contributed by atoms with Crippen LogP contribution in [0.2, 0.25) is 0 Å². The Morgan fingerprint density at radius 3 is 2.80 bits per heavy atom. The number of hydrogen-bond donors (Lipinski definition) is 2. The third kappa shape index (κ3) is 3.44. The number of rotatable bonds is 4. The maximum atomic E-state index is 12.2. The summed E-state index contributed by atoms with van der Waals surface area (Å²) in [5, 5.41) is 6.27. The van der Waals surface area contributed by atoms with Crippen LogP contribution in [0.4, 0.5) is 5.69 Å². The Morgan fingerprint density at radius 2 is 2.00 bits per heavy atom. The molecule has 0 aromatic heterocycles. The number of nitrogens with one attached hydrogen (secondary N) is 2. The average Bonchev–Trinajstić information content (AvgIpc) is 3.22. The van der Waals surface area contributed by atoms with E-state index >= 15 is 0 Å². The van der Waals surface area contributed by atoms with Crippen LogP contribution in [0.25, 0.3) is 6.08 Å². The van der Waals surface area contributed by atoms with Gasteiger partial charge in [-0.05, 0) is 47.9 Å². The highest BCUT2D eigenvalue weighted by Crippen LogP contribution is 2.35. The van der Waals surface area contributed by atoms with E-state index in [0.717, 1.165) is 23.4 Å². The summed E-state index contributed by atoms with van der Waals surface area (Å²) in [5.74, 6) is 1.37. The van der Waals surface area contributed by atoms with Crippen LogP contribution < -0.4 is 20.1 Å². The Morgan fingerprint density at radius 1 is 1.20 bits per heavy atom. The van der Waals surface area contributed by atoms with Gasteiger partial charge < -0.3 is 20.1 Å². The van der Waals surface area contributed by atoms with Gasteiger partial charge in [-0.15, -0.1) is 0 Å². The minimum atomic E-state index is -0.180. The first-order valence-electron chi connectivity index (χ1n) is 8.15. The molecule has 6 heteroatoms. The van der Waals surface area contributed by atoms with E-state index in [1.807, 2.05) is 36.4 Å². The van der Waals surface area contributed by atoms with Gasteiger partial charge in [-0.25, -0.2) is 0 Å². The molecular weight excluding hydrogens is 336 g/mol. The summed E-state index contributed by atoms with van der Waals surface area (Å²) in [6, 6.07) is 13.9. The van der Waals surface area contributed by atoms with E-state index < -0.39 is 0 Å². The molecule has 2 aromatic rings. The zero-order valence-corrected chi connectivity index (χ0v) is 14.6. The summed E-state index contributed by atoms with van der Waals surface area (Å²) in [5.41, 5.74) is 3.01.